The number of ether oxygens (including phenoxy) is 1. The average Bonchev–Trinajstić information content (AvgIpc) is 2.27. The van der Waals surface area contributed by atoms with Gasteiger partial charge in [0.2, 0.25) is 0 Å². The van der Waals surface area contributed by atoms with Gasteiger partial charge in [0.15, 0.2) is 0 Å². The highest BCUT2D eigenvalue weighted by molar-refractivity contribution is 5.67. The molecule has 5 nitrogen and oxygen atoms in total. The van der Waals surface area contributed by atoms with E-state index in [1.54, 1.807) is 6.20 Å². The van der Waals surface area contributed by atoms with Crippen molar-refractivity contribution in [1.29, 1.82) is 0 Å². The number of rotatable bonds is 4. The lowest BCUT2D eigenvalue weighted by atomic mass is 10.0. The predicted octanol–water partition coefficient (Wildman–Crippen LogP) is 1.96. The Morgan fingerprint density at radius 2 is 2.21 bits per heavy atom. The Morgan fingerprint density at radius 1 is 1.53 bits per heavy atom. The Hall–Kier alpha value is -1.62. The number of nitrogens with one attached hydrogen (secondary N) is 1. The van der Waals surface area contributed by atoms with Crippen molar-refractivity contribution in [1.82, 2.24) is 10.3 Å². The molecule has 1 aromatic rings. The van der Waals surface area contributed by atoms with Crippen molar-refractivity contribution in [2.24, 2.45) is 5.73 Å². The number of nitrogens with zero attached hydrogens (tertiary/aromatic N) is 1. The van der Waals surface area contributed by atoms with E-state index in [-0.39, 0.29) is 5.92 Å². The number of aromatic nitrogens is 1. The number of hydrogen-bond acceptors (Lipinski definition) is 4. The number of hydrogen-bond donors (Lipinski definition) is 2. The van der Waals surface area contributed by atoms with Crippen LogP contribution in [-0.4, -0.2) is 29.8 Å². The molecule has 1 atom stereocenters. The first-order valence-electron chi connectivity index (χ1n) is 6.41. The van der Waals surface area contributed by atoms with Crippen LogP contribution in [0, 0.1) is 6.92 Å². The minimum Gasteiger partial charge on any atom is -0.444 e. The van der Waals surface area contributed by atoms with Gasteiger partial charge in [0.1, 0.15) is 5.60 Å². The van der Waals surface area contributed by atoms with Crippen LogP contribution in [-0.2, 0) is 4.74 Å². The lowest BCUT2D eigenvalue weighted by Crippen LogP contribution is -2.36. The maximum atomic E-state index is 11.6. The van der Waals surface area contributed by atoms with Gasteiger partial charge in [0, 0.05) is 30.9 Å². The van der Waals surface area contributed by atoms with Crippen LogP contribution < -0.4 is 11.1 Å². The zero-order valence-electron chi connectivity index (χ0n) is 12.1. The summed E-state index contributed by atoms with van der Waals surface area (Å²) in [5.74, 6) is -0.00702. The van der Waals surface area contributed by atoms with E-state index in [4.69, 9.17) is 10.5 Å². The van der Waals surface area contributed by atoms with E-state index in [9.17, 15) is 4.79 Å². The number of pyridine rings is 1. The Kier molecular flexibility index (Phi) is 5.30. The quantitative estimate of drug-likeness (QED) is 0.872. The molecule has 0 radical (unpaired) electrons. The summed E-state index contributed by atoms with van der Waals surface area (Å²) in [6.07, 6.45) is 1.32. The molecule has 0 saturated heterocycles. The van der Waals surface area contributed by atoms with Crippen molar-refractivity contribution < 1.29 is 9.53 Å². The average molecular weight is 265 g/mol. The third-order valence-corrected chi connectivity index (χ3v) is 2.53. The maximum Gasteiger partial charge on any atom is 0.407 e. The first-order chi connectivity index (χ1) is 8.81. The van der Waals surface area contributed by atoms with Crippen LogP contribution in [0.5, 0.6) is 0 Å². The monoisotopic (exact) mass is 265 g/mol. The molecule has 0 aromatic carbocycles. The molecule has 0 spiro atoms. The summed E-state index contributed by atoms with van der Waals surface area (Å²) in [6.45, 7) is 8.33. The van der Waals surface area contributed by atoms with Crippen molar-refractivity contribution in [3.63, 3.8) is 0 Å². The number of aryl methyl sites for hydroxylation is 1. The molecule has 1 unspecified atom stereocenters. The molecule has 1 aromatic heterocycles. The van der Waals surface area contributed by atoms with Crippen LogP contribution in [0.2, 0.25) is 0 Å². The van der Waals surface area contributed by atoms with Crippen molar-refractivity contribution in [3.05, 3.63) is 29.6 Å². The molecule has 1 heterocycles. The Bertz CT molecular complexity index is 427. The molecule has 3 N–H and O–H groups in total. The van der Waals surface area contributed by atoms with Crippen LogP contribution in [0.4, 0.5) is 4.79 Å². The molecule has 0 fully saturated rings. The summed E-state index contributed by atoms with van der Waals surface area (Å²) in [6, 6.07) is 3.91. The second-order valence-corrected chi connectivity index (χ2v) is 5.57. The molecule has 0 aliphatic rings. The van der Waals surface area contributed by atoms with Gasteiger partial charge in [0.25, 0.3) is 0 Å². The fraction of sp³-hybridized carbons (Fsp3) is 0.571. The van der Waals surface area contributed by atoms with E-state index >= 15 is 0 Å². The van der Waals surface area contributed by atoms with Crippen LogP contribution in [0.1, 0.15) is 37.9 Å². The minimum atomic E-state index is -0.496. The molecule has 0 aliphatic heterocycles. The maximum absolute atomic E-state index is 11.6. The van der Waals surface area contributed by atoms with Crippen molar-refractivity contribution >= 4 is 6.09 Å². The Labute approximate surface area is 114 Å². The molecule has 0 bridgehead atoms. The molecule has 1 rings (SSSR count). The first-order valence-corrected chi connectivity index (χ1v) is 6.41. The van der Waals surface area contributed by atoms with Gasteiger partial charge in [0.05, 0.1) is 0 Å². The van der Waals surface area contributed by atoms with E-state index in [0.29, 0.717) is 13.1 Å². The second-order valence-electron chi connectivity index (χ2n) is 5.57. The largest absolute Gasteiger partial charge is 0.444 e. The molecular formula is C14H23N3O2. The number of carbonyl (C=O) groups excluding carboxylic acids is 1. The summed E-state index contributed by atoms with van der Waals surface area (Å²) in [4.78, 5) is 15.9. The van der Waals surface area contributed by atoms with Crippen LogP contribution in [0.3, 0.4) is 0 Å². The third-order valence-electron chi connectivity index (χ3n) is 2.53. The van der Waals surface area contributed by atoms with E-state index < -0.39 is 11.7 Å². The van der Waals surface area contributed by atoms with Crippen molar-refractivity contribution in [3.8, 4) is 0 Å². The number of alkyl carbamates (subject to hydrolysis) is 1. The normalized spacial score (nSPS) is 12.9. The summed E-state index contributed by atoms with van der Waals surface area (Å²) >= 11 is 0. The fourth-order valence-corrected chi connectivity index (χ4v) is 1.61. The third kappa shape index (κ3) is 5.70. The van der Waals surface area contributed by atoms with Gasteiger partial charge in [-0.15, -0.1) is 0 Å². The first kappa shape index (κ1) is 15.4. The smallest absolute Gasteiger partial charge is 0.407 e. The minimum absolute atomic E-state index is 0.00702. The van der Waals surface area contributed by atoms with Gasteiger partial charge in [-0.05, 0) is 45.4 Å². The van der Waals surface area contributed by atoms with Gasteiger partial charge < -0.3 is 15.8 Å². The Morgan fingerprint density at radius 3 is 2.74 bits per heavy atom. The lowest BCUT2D eigenvalue weighted by molar-refractivity contribution is 0.0524. The van der Waals surface area contributed by atoms with Gasteiger partial charge in [-0.25, -0.2) is 4.79 Å². The zero-order valence-corrected chi connectivity index (χ0v) is 12.1. The van der Waals surface area contributed by atoms with Crippen molar-refractivity contribution in [2.75, 3.05) is 13.1 Å². The standard InChI is InChI=1S/C14H23N3O2/c1-10-5-6-16-12(7-10)11(8-15)9-17-13(18)19-14(2,3)4/h5-7,11H,8-9,15H2,1-4H3,(H,17,18). The van der Waals surface area contributed by atoms with Gasteiger partial charge in [-0.3, -0.25) is 4.98 Å². The van der Waals surface area contributed by atoms with E-state index in [2.05, 4.69) is 10.3 Å². The molecular weight excluding hydrogens is 242 g/mol. The van der Waals surface area contributed by atoms with Gasteiger partial charge in [-0.1, -0.05) is 0 Å². The van der Waals surface area contributed by atoms with Crippen LogP contribution >= 0.6 is 0 Å². The van der Waals surface area contributed by atoms with E-state index in [0.717, 1.165) is 11.3 Å². The van der Waals surface area contributed by atoms with Gasteiger partial charge in [-0.2, -0.15) is 0 Å². The summed E-state index contributed by atoms with van der Waals surface area (Å²) in [5.41, 5.74) is 7.25. The van der Waals surface area contributed by atoms with Crippen LogP contribution in [0.25, 0.3) is 0 Å². The van der Waals surface area contributed by atoms with Crippen molar-refractivity contribution in [2.45, 2.75) is 39.2 Å². The van der Waals surface area contributed by atoms with Gasteiger partial charge >= 0.3 is 6.09 Å². The molecule has 0 aliphatic carbocycles. The molecule has 106 valence electrons. The fourth-order valence-electron chi connectivity index (χ4n) is 1.61. The highest BCUT2D eigenvalue weighted by Crippen LogP contribution is 2.13. The number of nitrogens with two attached hydrogens (primary N) is 1. The summed E-state index contributed by atoms with van der Waals surface area (Å²) < 4.78 is 5.18. The zero-order chi connectivity index (χ0) is 14.5. The van der Waals surface area contributed by atoms with E-state index in [1.807, 2.05) is 39.8 Å². The highest BCUT2D eigenvalue weighted by atomic mass is 16.6. The Balaban J connectivity index is 2.56. The molecule has 19 heavy (non-hydrogen) atoms. The molecule has 5 heteroatoms. The predicted molar refractivity (Wildman–Crippen MR) is 75.0 cm³/mol. The topological polar surface area (TPSA) is 77.2 Å². The van der Waals surface area contributed by atoms with E-state index in [1.165, 1.54) is 0 Å². The number of amides is 1. The summed E-state index contributed by atoms with van der Waals surface area (Å²) in [7, 11) is 0. The number of carbonyl (C=O) groups is 1. The lowest BCUT2D eigenvalue weighted by Gasteiger charge is -2.21. The molecule has 1 amide bonds. The highest BCUT2D eigenvalue weighted by Gasteiger charge is 2.18. The second kappa shape index (κ2) is 6.52. The van der Waals surface area contributed by atoms with Crippen LogP contribution in [0.15, 0.2) is 18.3 Å². The summed E-state index contributed by atoms with van der Waals surface area (Å²) in [5, 5.41) is 2.73. The SMILES string of the molecule is Cc1ccnc(C(CN)CNC(=O)OC(C)(C)C)c1. The molecule has 0 saturated carbocycles.